The molecule has 0 atom stereocenters. The molecule has 1 aliphatic heterocycles. The maximum atomic E-state index is 12.8. The van der Waals surface area contributed by atoms with E-state index in [1.165, 1.54) is 0 Å². The highest BCUT2D eigenvalue weighted by Gasteiger charge is 2.18. The number of hydrogen-bond acceptors (Lipinski definition) is 2. The van der Waals surface area contributed by atoms with Crippen LogP contribution in [0.3, 0.4) is 0 Å². The average molecular weight is 265 g/mol. The molecule has 1 aliphatic rings. The number of benzene rings is 2. The van der Waals surface area contributed by atoms with Crippen LogP contribution in [0, 0.1) is 0 Å². The summed E-state index contributed by atoms with van der Waals surface area (Å²) in [5.41, 5.74) is 4.02. The summed E-state index contributed by atoms with van der Waals surface area (Å²) in [7, 11) is 2.15. The zero-order chi connectivity index (χ0) is 13.9. The summed E-state index contributed by atoms with van der Waals surface area (Å²) in [6.45, 7) is 1.99. The van der Waals surface area contributed by atoms with Crippen molar-refractivity contribution in [2.24, 2.45) is 0 Å². The maximum absolute atomic E-state index is 12.8. The average Bonchev–Trinajstić information content (AvgIpc) is 2.50. The van der Waals surface area contributed by atoms with Crippen LogP contribution in [0.4, 0.5) is 0 Å². The van der Waals surface area contributed by atoms with Crippen molar-refractivity contribution in [1.29, 1.82) is 0 Å². The van der Waals surface area contributed by atoms with Gasteiger partial charge in [0.25, 0.3) is 0 Å². The Balaban J connectivity index is 2.12. The standard InChI is InChI=1S/C18H19NO/c1-19-12-10-14-6-2-4-8-16(14)18(20)17-9-5-3-7-15(17)11-13-19/h2-9H,10-13H2,1H3. The van der Waals surface area contributed by atoms with E-state index in [9.17, 15) is 4.79 Å². The highest BCUT2D eigenvalue weighted by Crippen LogP contribution is 2.20. The van der Waals surface area contributed by atoms with Crippen LogP contribution < -0.4 is 0 Å². The van der Waals surface area contributed by atoms with Crippen molar-refractivity contribution in [2.45, 2.75) is 12.8 Å². The molecule has 0 saturated heterocycles. The molecule has 0 bridgehead atoms. The molecule has 0 N–H and O–H groups in total. The molecule has 2 aromatic rings. The highest BCUT2D eigenvalue weighted by atomic mass is 16.1. The van der Waals surface area contributed by atoms with Crippen LogP contribution in [-0.4, -0.2) is 30.8 Å². The quantitative estimate of drug-likeness (QED) is 0.730. The summed E-state index contributed by atoms with van der Waals surface area (Å²) in [5.74, 6) is 0.167. The predicted octanol–water partition coefficient (Wildman–Crippen LogP) is 2.95. The van der Waals surface area contributed by atoms with E-state index in [0.29, 0.717) is 0 Å². The van der Waals surface area contributed by atoms with Crippen molar-refractivity contribution >= 4 is 5.78 Å². The van der Waals surface area contributed by atoms with Gasteiger partial charge < -0.3 is 4.90 Å². The number of ketones is 1. The SMILES string of the molecule is CN1CCc2ccccc2C(=O)c2ccccc2CC1. The van der Waals surface area contributed by atoms with Gasteiger partial charge in [-0.15, -0.1) is 0 Å². The van der Waals surface area contributed by atoms with Crippen LogP contribution >= 0.6 is 0 Å². The van der Waals surface area contributed by atoms with Gasteiger partial charge in [0.15, 0.2) is 5.78 Å². The smallest absolute Gasteiger partial charge is 0.193 e. The summed E-state index contributed by atoms with van der Waals surface area (Å²) < 4.78 is 0. The molecule has 2 heteroatoms. The van der Waals surface area contributed by atoms with Gasteiger partial charge in [0.1, 0.15) is 0 Å². The Kier molecular flexibility index (Phi) is 3.66. The van der Waals surface area contributed by atoms with Crippen LogP contribution in [-0.2, 0) is 12.8 Å². The summed E-state index contributed by atoms with van der Waals surface area (Å²) in [5, 5.41) is 0. The lowest BCUT2D eigenvalue weighted by molar-refractivity contribution is 0.103. The minimum absolute atomic E-state index is 0.167. The van der Waals surface area contributed by atoms with E-state index in [1.807, 2.05) is 36.4 Å². The van der Waals surface area contributed by atoms with Gasteiger partial charge in [0.2, 0.25) is 0 Å². The molecule has 0 aliphatic carbocycles. The van der Waals surface area contributed by atoms with E-state index in [0.717, 1.165) is 48.2 Å². The third-order valence-corrected chi connectivity index (χ3v) is 4.05. The summed E-state index contributed by atoms with van der Waals surface area (Å²) in [6, 6.07) is 16.0. The van der Waals surface area contributed by atoms with Gasteiger partial charge in [0.05, 0.1) is 0 Å². The van der Waals surface area contributed by atoms with Crippen molar-refractivity contribution in [3.05, 3.63) is 70.8 Å². The number of hydrogen-bond donors (Lipinski definition) is 0. The maximum Gasteiger partial charge on any atom is 0.193 e. The molecule has 20 heavy (non-hydrogen) atoms. The van der Waals surface area contributed by atoms with Gasteiger partial charge in [-0.05, 0) is 31.0 Å². The van der Waals surface area contributed by atoms with Crippen molar-refractivity contribution in [3.8, 4) is 0 Å². The summed E-state index contributed by atoms with van der Waals surface area (Å²) in [4.78, 5) is 15.2. The minimum Gasteiger partial charge on any atom is -0.306 e. The fourth-order valence-corrected chi connectivity index (χ4v) is 2.80. The molecular formula is C18H19NO. The van der Waals surface area contributed by atoms with Crippen LogP contribution in [0.5, 0.6) is 0 Å². The predicted molar refractivity (Wildman–Crippen MR) is 81.2 cm³/mol. The number of rotatable bonds is 0. The largest absolute Gasteiger partial charge is 0.306 e. The first-order chi connectivity index (χ1) is 9.75. The zero-order valence-electron chi connectivity index (χ0n) is 11.8. The number of carbonyl (C=O) groups excluding carboxylic acids is 1. The molecule has 0 amide bonds. The normalized spacial score (nSPS) is 16.4. The fraction of sp³-hybridized carbons (Fsp3) is 0.278. The van der Waals surface area contributed by atoms with Gasteiger partial charge in [0, 0.05) is 24.2 Å². The molecular weight excluding hydrogens is 246 g/mol. The Labute approximate surface area is 120 Å². The van der Waals surface area contributed by atoms with Crippen molar-refractivity contribution in [1.82, 2.24) is 4.90 Å². The Morgan fingerprint density at radius 3 is 1.75 bits per heavy atom. The number of likely N-dealkylation sites (N-methyl/N-ethyl adjacent to an activating group) is 1. The minimum atomic E-state index is 0.167. The van der Waals surface area contributed by atoms with Crippen LogP contribution in [0.15, 0.2) is 48.5 Å². The van der Waals surface area contributed by atoms with Crippen LogP contribution in [0.2, 0.25) is 0 Å². The number of nitrogens with zero attached hydrogens (tertiary/aromatic N) is 1. The van der Waals surface area contributed by atoms with Crippen LogP contribution in [0.25, 0.3) is 0 Å². The second-order valence-corrected chi connectivity index (χ2v) is 5.45. The molecule has 0 unspecified atom stereocenters. The first-order valence-corrected chi connectivity index (χ1v) is 7.15. The molecule has 0 aromatic heterocycles. The second kappa shape index (κ2) is 5.59. The van der Waals surface area contributed by atoms with E-state index >= 15 is 0 Å². The lowest BCUT2D eigenvalue weighted by Gasteiger charge is -2.21. The molecule has 3 rings (SSSR count). The van der Waals surface area contributed by atoms with Gasteiger partial charge >= 0.3 is 0 Å². The second-order valence-electron chi connectivity index (χ2n) is 5.45. The lowest BCUT2D eigenvalue weighted by atomic mass is 9.92. The monoisotopic (exact) mass is 265 g/mol. The first kappa shape index (κ1) is 13.1. The van der Waals surface area contributed by atoms with Crippen molar-refractivity contribution in [2.75, 3.05) is 20.1 Å². The van der Waals surface area contributed by atoms with Gasteiger partial charge in [-0.25, -0.2) is 0 Å². The molecule has 1 heterocycles. The molecule has 0 spiro atoms. The molecule has 0 saturated carbocycles. The Morgan fingerprint density at radius 1 is 0.800 bits per heavy atom. The zero-order valence-corrected chi connectivity index (χ0v) is 11.8. The Bertz CT molecular complexity index is 579. The van der Waals surface area contributed by atoms with Gasteiger partial charge in [-0.1, -0.05) is 48.5 Å². The molecule has 0 radical (unpaired) electrons. The van der Waals surface area contributed by atoms with E-state index < -0.39 is 0 Å². The molecule has 2 aromatic carbocycles. The summed E-state index contributed by atoms with van der Waals surface area (Å²) in [6.07, 6.45) is 1.86. The summed E-state index contributed by atoms with van der Waals surface area (Å²) >= 11 is 0. The van der Waals surface area contributed by atoms with E-state index in [-0.39, 0.29) is 5.78 Å². The Morgan fingerprint density at radius 2 is 1.25 bits per heavy atom. The fourth-order valence-electron chi connectivity index (χ4n) is 2.80. The van der Waals surface area contributed by atoms with Crippen molar-refractivity contribution < 1.29 is 4.79 Å². The van der Waals surface area contributed by atoms with E-state index in [4.69, 9.17) is 0 Å². The highest BCUT2D eigenvalue weighted by molar-refractivity contribution is 6.10. The third kappa shape index (κ3) is 2.52. The van der Waals surface area contributed by atoms with Crippen LogP contribution in [0.1, 0.15) is 27.0 Å². The van der Waals surface area contributed by atoms with Gasteiger partial charge in [-0.3, -0.25) is 4.79 Å². The Hall–Kier alpha value is -1.93. The third-order valence-electron chi connectivity index (χ3n) is 4.05. The number of carbonyl (C=O) groups is 1. The molecule has 102 valence electrons. The first-order valence-electron chi connectivity index (χ1n) is 7.15. The van der Waals surface area contributed by atoms with E-state index in [2.05, 4.69) is 24.1 Å². The van der Waals surface area contributed by atoms with E-state index in [1.54, 1.807) is 0 Å². The lowest BCUT2D eigenvalue weighted by Crippen LogP contribution is -2.26. The molecule has 0 fully saturated rings. The van der Waals surface area contributed by atoms with Crippen molar-refractivity contribution in [3.63, 3.8) is 0 Å². The molecule has 2 nitrogen and oxygen atoms in total. The number of fused-ring (bicyclic) bond motifs is 2. The topological polar surface area (TPSA) is 20.3 Å². The van der Waals surface area contributed by atoms with Gasteiger partial charge in [-0.2, -0.15) is 0 Å².